The summed E-state index contributed by atoms with van der Waals surface area (Å²) in [6.07, 6.45) is 0. The Bertz CT molecular complexity index is 1600. The molecule has 10 nitrogen and oxygen atoms in total. The van der Waals surface area contributed by atoms with Crippen LogP contribution in [0.5, 0.6) is 0 Å². The van der Waals surface area contributed by atoms with Gasteiger partial charge >= 0.3 is 0 Å². The number of aromatic amines is 3. The van der Waals surface area contributed by atoms with Crippen LogP contribution in [0, 0.1) is 6.92 Å². The molecule has 2 aromatic carbocycles. The summed E-state index contributed by atoms with van der Waals surface area (Å²) >= 11 is 0. The Hall–Kier alpha value is -4.18. The van der Waals surface area contributed by atoms with Gasteiger partial charge in [0.15, 0.2) is 5.69 Å². The van der Waals surface area contributed by atoms with Crippen molar-refractivity contribution in [3.63, 3.8) is 0 Å². The summed E-state index contributed by atoms with van der Waals surface area (Å²) in [5, 5.41) is 0.650. The predicted octanol–water partition coefficient (Wildman–Crippen LogP) is 2.56. The zero-order chi connectivity index (χ0) is 23.3. The highest BCUT2D eigenvalue weighted by molar-refractivity contribution is 6.05. The van der Waals surface area contributed by atoms with Gasteiger partial charge < -0.3 is 30.3 Å². The number of nitrogens with two attached hydrogens (primary N) is 1. The fourth-order valence-electron chi connectivity index (χ4n) is 3.97. The number of methoxy groups -OCH3 is 1. The van der Waals surface area contributed by atoms with Crippen molar-refractivity contribution in [2.75, 3.05) is 33.0 Å². The number of rotatable bonds is 5. The summed E-state index contributed by atoms with van der Waals surface area (Å²) < 4.78 is 5.04. The quantitative estimate of drug-likeness (QED) is 0.327. The number of carbonyl (C=O) groups is 1. The van der Waals surface area contributed by atoms with Crippen molar-refractivity contribution in [1.29, 1.82) is 0 Å². The van der Waals surface area contributed by atoms with E-state index in [-0.39, 0.29) is 17.2 Å². The highest BCUT2D eigenvalue weighted by Crippen LogP contribution is 2.32. The molecule has 0 fully saturated rings. The highest BCUT2D eigenvalue weighted by Gasteiger charge is 2.19. The van der Waals surface area contributed by atoms with Crippen molar-refractivity contribution in [1.82, 2.24) is 29.8 Å². The molecule has 0 atom stereocenters. The number of nitrogens with one attached hydrogen (secondary N) is 3. The lowest BCUT2D eigenvalue weighted by atomic mass is 10.1. The fourth-order valence-corrected chi connectivity index (χ4v) is 3.97. The third-order valence-electron chi connectivity index (χ3n) is 5.71. The first kappa shape index (κ1) is 20.7. The maximum Gasteiger partial charge on any atom is 0.276 e. The van der Waals surface area contributed by atoms with Gasteiger partial charge in [-0.15, -0.1) is 0 Å². The van der Waals surface area contributed by atoms with Crippen molar-refractivity contribution in [2.45, 2.75) is 6.92 Å². The minimum absolute atomic E-state index is 0.142. The van der Waals surface area contributed by atoms with Crippen LogP contribution in [-0.4, -0.2) is 63.0 Å². The summed E-state index contributed by atoms with van der Waals surface area (Å²) in [4.78, 5) is 45.4. The van der Waals surface area contributed by atoms with E-state index in [1.807, 2.05) is 13.0 Å². The number of aromatic nitrogens is 5. The molecule has 33 heavy (non-hydrogen) atoms. The summed E-state index contributed by atoms with van der Waals surface area (Å²) in [5.41, 5.74) is 11.0. The van der Waals surface area contributed by atoms with Crippen LogP contribution in [0.15, 0.2) is 35.1 Å². The number of imidazole rings is 1. The Morgan fingerprint density at radius 2 is 1.79 bits per heavy atom. The number of H-pyrrole nitrogens is 3. The Balaban J connectivity index is 1.60. The van der Waals surface area contributed by atoms with E-state index < -0.39 is 0 Å². The second kappa shape index (κ2) is 7.75. The van der Waals surface area contributed by atoms with Crippen molar-refractivity contribution < 1.29 is 9.53 Å². The van der Waals surface area contributed by atoms with Crippen LogP contribution in [0.1, 0.15) is 16.2 Å². The largest absolute Gasteiger partial charge is 0.396 e. The first-order valence-electron chi connectivity index (χ1n) is 10.4. The number of anilines is 1. The number of nitrogens with zero attached hydrogens (tertiary/aromatic N) is 3. The molecule has 10 heteroatoms. The van der Waals surface area contributed by atoms with E-state index in [4.69, 9.17) is 10.5 Å². The van der Waals surface area contributed by atoms with Crippen molar-refractivity contribution in [2.24, 2.45) is 0 Å². The molecule has 0 bridgehead atoms. The summed E-state index contributed by atoms with van der Waals surface area (Å²) in [6.45, 7) is 2.79. The number of aryl methyl sites for hydroxylation is 1. The van der Waals surface area contributed by atoms with Gasteiger partial charge in [-0.05, 0) is 37.3 Å². The van der Waals surface area contributed by atoms with Gasteiger partial charge in [-0.25, -0.2) is 9.97 Å². The molecule has 0 saturated carbocycles. The molecule has 0 unspecified atom stereocenters. The first-order chi connectivity index (χ1) is 15.9. The van der Waals surface area contributed by atoms with Gasteiger partial charge in [0.05, 0.1) is 40.1 Å². The minimum Gasteiger partial charge on any atom is -0.396 e. The smallest absolute Gasteiger partial charge is 0.276 e. The van der Waals surface area contributed by atoms with E-state index in [0.29, 0.717) is 52.0 Å². The maximum absolute atomic E-state index is 12.9. The van der Waals surface area contributed by atoms with Crippen molar-refractivity contribution in [3.05, 3.63) is 52.1 Å². The number of ether oxygens (including phenoxy) is 1. The molecule has 1 amide bonds. The van der Waals surface area contributed by atoms with Gasteiger partial charge in [-0.3, -0.25) is 9.59 Å². The molecule has 3 heterocycles. The molecule has 0 aliphatic heterocycles. The molecule has 5 aromatic rings. The van der Waals surface area contributed by atoms with E-state index in [0.717, 1.165) is 16.9 Å². The van der Waals surface area contributed by atoms with E-state index >= 15 is 0 Å². The zero-order valence-electron chi connectivity index (χ0n) is 18.4. The van der Waals surface area contributed by atoms with E-state index in [1.54, 1.807) is 43.3 Å². The monoisotopic (exact) mass is 445 g/mol. The number of amides is 1. The normalized spacial score (nSPS) is 11.6. The van der Waals surface area contributed by atoms with Crippen LogP contribution in [0.25, 0.3) is 44.4 Å². The van der Waals surface area contributed by atoms with Crippen molar-refractivity contribution in [3.8, 4) is 11.4 Å². The van der Waals surface area contributed by atoms with Crippen LogP contribution >= 0.6 is 0 Å². The molecule has 5 N–H and O–H groups in total. The summed E-state index contributed by atoms with van der Waals surface area (Å²) in [6, 6.07) is 8.86. The molecule has 0 aliphatic rings. The number of benzene rings is 2. The molecule has 0 aliphatic carbocycles. The summed E-state index contributed by atoms with van der Waals surface area (Å²) in [7, 11) is 3.31. The lowest BCUT2D eigenvalue weighted by molar-refractivity contribution is 0.0744. The Morgan fingerprint density at radius 3 is 2.55 bits per heavy atom. The predicted molar refractivity (Wildman–Crippen MR) is 127 cm³/mol. The minimum atomic E-state index is -0.372. The molecule has 3 aromatic heterocycles. The van der Waals surface area contributed by atoms with Crippen LogP contribution in [0.3, 0.4) is 0 Å². The van der Waals surface area contributed by atoms with Gasteiger partial charge in [0.2, 0.25) is 0 Å². The van der Waals surface area contributed by atoms with Crippen LogP contribution < -0.4 is 11.3 Å². The van der Waals surface area contributed by atoms with Gasteiger partial charge in [0.1, 0.15) is 5.82 Å². The molecular formula is C23H23N7O3. The van der Waals surface area contributed by atoms with Crippen molar-refractivity contribution >= 4 is 44.6 Å². The van der Waals surface area contributed by atoms with Gasteiger partial charge in [0.25, 0.3) is 11.5 Å². The van der Waals surface area contributed by atoms with E-state index in [1.165, 1.54) is 0 Å². The van der Waals surface area contributed by atoms with Crippen LogP contribution in [0.4, 0.5) is 5.69 Å². The lowest BCUT2D eigenvalue weighted by Gasteiger charge is -2.16. The topological polar surface area (TPSA) is 146 Å². The third-order valence-corrected chi connectivity index (χ3v) is 5.71. The average Bonchev–Trinajstić information content (AvgIpc) is 3.32. The number of fused-ring (bicyclic) bond motifs is 3. The number of likely N-dealkylation sites (N-methyl/N-ethyl adjacent to an activating group) is 1. The Labute approximate surface area is 187 Å². The summed E-state index contributed by atoms with van der Waals surface area (Å²) in [5.74, 6) is 0.637. The number of carbonyl (C=O) groups excluding carboxylic acids is 1. The molecule has 168 valence electrons. The highest BCUT2D eigenvalue weighted by atomic mass is 16.5. The lowest BCUT2D eigenvalue weighted by Crippen LogP contribution is -2.29. The SMILES string of the molecule is COCCN(C)C(=O)c1ccc2[nH]c(-c3nc4cc5[nH]c(C)nc5cc4[nH]c3=O)c(N)c2c1. The third kappa shape index (κ3) is 3.50. The maximum atomic E-state index is 12.9. The zero-order valence-corrected chi connectivity index (χ0v) is 18.4. The second-order valence-corrected chi connectivity index (χ2v) is 8.02. The van der Waals surface area contributed by atoms with E-state index in [2.05, 4.69) is 24.9 Å². The van der Waals surface area contributed by atoms with Gasteiger partial charge in [-0.1, -0.05) is 0 Å². The number of nitrogen functional groups attached to an aromatic ring is 1. The molecule has 0 spiro atoms. The first-order valence-corrected chi connectivity index (χ1v) is 10.4. The van der Waals surface area contributed by atoms with Crippen LogP contribution in [-0.2, 0) is 4.74 Å². The van der Waals surface area contributed by atoms with Crippen LogP contribution in [0.2, 0.25) is 0 Å². The number of hydrogen-bond donors (Lipinski definition) is 4. The molecular weight excluding hydrogens is 422 g/mol. The molecule has 0 radical (unpaired) electrons. The van der Waals surface area contributed by atoms with Gasteiger partial charge in [-0.2, -0.15) is 0 Å². The Morgan fingerprint density at radius 1 is 1.06 bits per heavy atom. The number of hydrogen-bond acceptors (Lipinski definition) is 6. The van der Waals surface area contributed by atoms with E-state index in [9.17, 15) is 9.59 Å². The average molecular weight is 445 g/mol. The molecule has 0 saturated heterocycles. The van der Waals surface area contributed by atoms with Gasteiger partial charge in [0, 0.05) is 37.2 Å². The standard InChI is InChI=1S/C23H23N7O3/c1-11-25-15-9-17-18(10-16(15)26-11)29-22(31)21(28-17)20-19(24)13-8-12(4-5-14(13)27-20)23(32)30(2)6-7-33-3/h4-5,8-10,27H,6-7,24H2,1-3H3,(H,25,26)(H,29,31). The Kier molecular flexibility index (Phi) is 4.86. The second-order valence-electron chi connectivity index (χ2n) is 8.02. The fraction of sp³-hybridized carbons (Fsp3) is 0.217. The molecule has 5 rings (SSSR count).